The highest BCUT2D eigenvalue weighted by atomic mass is 16.7. The number of rotatable bonds is 6. The molecule has 0 saturated carbocycles. The third-order valence-corrected chi connectivity index (χ3v) is 8.28. The summed E-state index contributed by atoms with van der Waals surface area (Å²) in [5.74, 6) is -0.169. The van der Waals surface area contributed by atoms with E-state index < -0.39 is 5.60 Å². The van der Waals surface area contributed by atoms with Gasteiger partial charge in [-0.3, -0.25) is 4.79 Å². The van der Waals surface area contributed by atoms with E-state index in [2.05, 4.69) is 27.7 Å². The van der Waals surface area contributed by atoms with Gasteiger partial charge in [0.15, 0.2) is 0 Å². The smallest absolute Gasteiger partial charge is 0.460 e. The summed E-state index contributed by atoms with van der Waals surface area (Å²) >= 11 is 0. The van der Waals surface area contributed by atoms with Crippen LogP contribution < -0.4 is 16.7 Å². The largest absolute Gasteiger partial charge is 0.494 e. The van der Waals surface area contributed by atoms with Crippen molar-refractivity contribution in [1.29, 1.82) is 0 Å². The van der Waals surface area contributed by atoms with E-state index in [1.165, 1.54) is 0 Å². The number of nitrogens with two attached hydrogens (primary N) is 1. The van der Waals surface area contributed by atoms with Gasteiger partial charge in [-0.15, -0.1) is 0 Å². The Morgan fingerprint density at radius 1 is 0.683 bits per heavy atom. The van der Waals surface area contributed by atoms with Crippen LogP contribution >= 0.6 is 0 Å². The molecule has 2 aromatic rings. The van der Waals surface area contributed by atoms with Gasteiger partial charge in [0.1, 0.15) is 5.60 Å². The fourth-order valence-electron chi connectivity index (χ4n) is 4.25. The lowest BCUT2D eigenvalue weighted by Gasteiger charge is -2.32. The van der Waals surface area contributed by atoms with Gasteiger partial charge in [-0.2, -0.15) is 0 Å². The molecule has 7 nitrogen and oxygen atoms in total. The average molecular weight is 565 g/mol. The molecule has 41 heavy (non-hydrogen) atoms. The van der Waals surface area contributed by atoms with Gasteiger partial charge >= 0.3 is 20.2 Å². The summed E-state index contributed by atoms with van der Waals surface area (Å²) in [5.41, 5.74) is 8.14. The Morgan fingerprint density at radius 2 is 1.02 bits per heavy atom. The lowest BCUT2D eigenvalue weighted by Crippen LogP contribution is -2.41. The van der Waals surface area contributed by atoms with Gasteiger partial charge in [-0.1, -0.05) is 48.5 Å². The zero-order valence-electron chi connectivity index (χ0n) is 26.9. The second-order valence-corrected chi connectivity index (χ2v) is 14.0. The van der Waals surface area contributed by atoms with Crippen molar-refractivity contribution in [2.24, 2.45) is 5.73 Å². The van der Waals surface area contributed by atoms with E-state index in [-0.39, 0.29) is 42.6 Å². The van der Waals surface area contributed by atoms with Crippen LogP contribution in [-0.2, 0) is 41.1 Å². The molecule has 0 bridgehead atoms. The molecule has 224 valence electrons. The van der Waals surface area contributed by atoms with Crippen molar-refractivity contribution < 1.29 is 28.1 Å². The minimum Gasteiger partial charge on any atom is -0.460 e. The van der Waals surface area contributed by atoms with E-state index >= 15 is 0 Å². The fourth-order valence-corrected chi connectivity index (χ4v) is 4.25. The highest BCUT2D eigenvalue weighted by molar-refractivity contribution is 6.62. The summed E-state index contributed by atoms with van der Waals surface area (Å²) in [4.78, 5) is 11.8. The van der Waals surface area contributed by atoms with Crippen molar-refractivity contribution in [2.75, 3.05) is 0 Å². The standard InChI is InChI=1S/C19H29BO4.C13H20BNO2/c1-17(2,3)22-16(21)13-10-14-8-11-15(12-9-14)20-23-18(4,5)19(6,7)24-20;1-12(2)13(3,4)17-14(16-12)11-7-5-10(9-15)6-8-11/h8-9,11-12H,10,13H2,1-7H3;5-8H,9,15H2,1-4H3. The first-order chi connectivity index (χ1) is 18.8. The van der Waals surface area contributed by atoms with Crippen molar-refractivity contribution >= 4 is 31.1 Å². The van der Waals surface area contributed by atoms with Crippen LogP contribution in [0.5, 0.6) is 0 Å². The molecule has 0 amide bonds. The molecule has 0 radical (unpaired) electrons. The van der Waals surface area contributed by atoms with Gasteiger partial charge in [0.2, 0.25) is 0 Å². The molecule has 4 rings (SSSR count). The SMILES string of the molecule is CC(C)(C)OC(=O)CCc1ccc(B2OC(C)(C)C(C)(C)O2)cc1.CC1(C)OB(c2ccc(CN)cc2)OC1(C)C. The van der Waals surface area contributed by atoms with E-state index in [4.69, 9.17) is 29.1 Å². The number of benzene rings is 2. The molecule has 2 N–H and O–H groups in total. The Hall–Kier alpha value is -2.16. The maximum atomic E-state index is 11.8. The number of ether oxygens (including phenoxy) is 1. The summed E-state index contributed by atoms with van der Waals surface area (Å²) < 4.78 is 29.4. The second-order valence-electron chi connectivity index (χ2n) is 14.0. The molecule has 2 aliphatic heterocycles. The second kappa shape index (κ2) is 12.2. The van der Waals surface area contributed by atoms with Gasteiger partial charge in [-0.25, -0.2) is 0 Å². The Labute approximate surface area is 248 Å². The number of carbonyl (C=O) groups excluding carboxylic acids is 1. The number of hydrogen-bond donors (Lipinski definition) is 1. The lowest BCUT2D eigenvalue weighted by molar-refractivity contribution is -0.154. The molecule has 2 saturated heterocycles. The van der Waals surface area contributed by atoms with Crippen LogP contribution in [0, 0.1) is 0 Å². The highest BCUT2D eigenvalue weighted by Gasteiger charge is 2.52. The van der Waals surface area contributed by atoms with Crippen LogP contribution in [0.3, 0.4) is 0 Å². The monoisotopic (exact) mass is 565 g/mol. The molecule has 0 spiro atoms. The van der Waals surface area contributed by atoms with Crippen LogP contribution in [0.2, 0.25) is 0 Å². The quantitative estimate of drug-likeness (QED) is 0.401. The number of hydrogen-bond acceptors (Lipinski definition) is 7. The van der Waals surface area contributed by atoms with Crippen LogP contribution in [0.4, 0.5) is 0 Å². The first-order valence-corrected chi connectivity index (χ1v) is 14.6. The minimum atomic E-state index is -0.433. The fraction of sp³-hybridized carbons (Fsp3) is 0.594. The zero-order chi connectivity index (χ0) is 30.9. The topological polar surface area (TPSA) is 89.2 Å². The molecule has 0 aliphatic carbocycles. The molecule has 0 atom stereocenters. The molecular formula is C32H49B2NO6. The van der Waals surface area contributed by atoms with Crippen molar-refractivity contribution in [2.45, 2.75) is 124 Å². The number of esters is 1. The van der Waals surface area contributed by atoms with Crippen molar-refractivity contribution in [1.82, 2.24) is 0 Å². The van der Waals surface area contributed by atoms with Crippen LogP contribution in [0.25, 0.3) is 0 Å². The summed E-state index contributed by atoms with van der Waals surface area (Å²) in [6.45, 7) is 22.6. The van der Waals surface area contributed by atoms with E-state index in [9.17, 15) is 4.79 Å². The van der Waals surface area contributed by atoms with E-state index in [0.717, 1.165) is 22.1 Å². The van der Waals surface area contributed by atoms with Gasteiger partial charge in [-0.05, 0) is 105 Å². The molecule has 2 aromatic carbocycles. The predicted molar refractivity (Wildman–Crippen MR) is 166 cm³/mol. The molecular weight excluding hydrogens is 516 g/mol. The third kappa shape index (κ3) is 8.45. The number of aryl methyl sites for hydroxylation is 1. The summed E-state index contributed by atoms with van der Waals surface area (Å²) in [7, 11) is -0.637. The maximum Gasteiger partial charge on any atom is 0.494 e. The Balaban J connectivity index is 0.000000239. The van der Waals surface area contributed by atoms with Crippen LogP contribution in [0.15, 0.2) is 48.5 Å². The van der Waals surface area contributed by atoms with Gasteiger partial charge < -0.3 is 29.1 Å². The molecule has 2 fully saturated rings. The van der Waals surface area contributed by atoms with Crippen LogP contribution in [-0.4, -0.2) is 48.2 Å². The van der Waals surface area contributed by atoms with Gasteiger partial charge in [0.05, 0.1) is 22.4 Å². The van der Waals surface area contributed by atoms with Gasteiger partial charge in [0.25, 0.3) is 0 Å². The summed E-state index contributed by atoms with van der Waals surface area (Å²) in [6, 6.07) is 16.1. The number of carbonyl (C=O) groups is 1. The van der Waals surface area contributed by atoms with Crippen LogP contribution in [0.1, 0.15) is 93.7 Å². The lowest BCUT2D eigenvalue weighted by atomic mass is 9.78. The van der Waals surface area contributed by atoms with E-state index in [0.29, 0.717) is 19.4 Å². The molecule has 2 aliphatic rings. The summed E-state index contributed by atoms with van der Waals surface area (Å²) in [6.07, 6.45) is 1.05. The normalized spacial score (nSPS) is 20.4. The summed E-state index contributed by atoms with van der Waals surface area (Å²) in [5, 5.41) is 0. The molecule has 9 heteroatoms. The molecule has 0 aromatic heterocycles. The Bertz CT molecular complexity index is 1140. The van der Waals surface area contributed by atoms with Gasteiger partial charge in [0, 0.05) is 13.0 Å². The predicted octanol–water partition coefficient (Wildman–Crippen LogP) is 4.70. The first-order valence-electron chi connectivity index (χ1n) is 14.6. The minimum absolute atomic E-state index is 0.169. The highest BCUT2D eigenvalue weighted by Crippen LogP contribution is 2.37. The average Bonchev–Trinajstić information content (AvgIpc) is 3.22. The Morgan fingerprint density at radius 3 is 1.34 bits per heavy atom. The maximum absolute atomic E-state index is 11.8. The van der Waals surface area contributed by atoms with Crippen molar-refractivity contribution in [3.05, 3.63) is 59.7 Å². The zero-order valence-corrected chi connectivity index (χ0v) is 26.9. The van der Waals surface area contributed by atoms with Crippen molar-refractivity contribution in [3.63, 3.8) is 0 Å². The third-order valence-electron chi connectivity index (χ3n) is 8.28. The molecule has 0 unspecified atom stereocenters. The van der Waals surface area contributed by atoms with E-state index in [1.54, 1.807) is 0 Å². The van der Waals surface area contributed by atoms with E-state index in [1.807, 2.05) is 97.0 Å². The molecule has 2 heterocycles. The Kier molecular flexibility index (Phi) is 9.93. The van der Waals surface area contributed by atoms with Crippen molar-refractivity contribution in [3.8, 4) is 0 Å². The first kappa shape index (κ1) is 33.3.